The second kappa shape index (κ2) is 7.89. The van der Waals surface area contributed by atoms with Crippen molar-refractivity contribution in [3.63, 3.8) is 0 Å². The number of nitrogens with zero attached hydrogens (tertiary/aromatic N) is 3. The molecule has 0 spiro atoms. The van der Waals surface area contributed by atoms with Gasteiger partial charge in [0.1, 0.15) is 11.6 Å². The molecular weight excluding hydrogens is 406 g/mol. The van der Waals surface area contributed by atoms with E-state index in [2.05, 4.69) is 4.98 Å². The quantitative estimate of drug-likeness (QED) is 0.330. The van der Waals surface area contributed by atoms with Gasteiger partial charge in [0.25, 0.3) is 0 Å². The molecule has 0 fully saturated rings. The molecule has 164 valence electrons. The molecule has 2 aromatic heterocycles. The first-order chi connectivity index (χ1) is 18.3. The van der Waals surface area contributed by atoms with Crippen molar-refractivity contribution in [1.82, 2.24) is 14.5 Å². The fourth-order valence-corrected chi connectivity index (χ4v) is 4.10. The number of phenolic OH excluding ortho intramolecular Hbond substituents is 1. The van der Waals surface area contributed by atoms with Gasteiger partial charge in [0.15, 0.2) is 0 Å². The molecule has 0 aliphatic heterocycles. The minimum Gasteiger partial charge on any atom is -0.507 e. The number of hydrogen-bond acceptors (Lipinski definition) is 3. The predicted octanol–water partition coefficient (Wildman–Crippen LogP) is 6.97. The van der Waals surface area contributed by atoms with E-state index in [4.69, 9.17) is 13.2 Å². The first-order valence-electron chi connectivity index (χ1n) is 13.6. The number of fused-ring (bicyclic) bond motifs is 1. The Kier molecular flexibility index (Phi) is 3.59. The van der Waals surface area contributed by atoms with Crippen molar-refractivity contribution in [2.24, 2.45) is 7.05 Å². The lowest BCUT2D eigenvalue weighted by Gasteiger charge is -2.21. The summed E-state index contributed by atoms with van der Waals surface area (Å²) in [5.74, 6) is 0.662. The number of pyridine rings is 1. The summed E-state index contributed by atoms with van der Waals surface area (Å²) in [5, 5.41) is 10.5. The van der Waals surface area contributed by atoms with E-state index in [0.29, 0.717) is 39.3 Å². The molecule has 0 aliphatic carbocycles. The van der Waals surface area contributed by atoms with Gasteiger partial charge in [-0.1, -0.05) is 57.0 Å². The number of phenols is 1. The maximum absolute atomic E-state index is 10.5. The van der Waals surface area contributed by atoms with Gasteiger partial charge < -0.3 is 9.67 Å². The maximum Gasteiger partial charge on any atom is 0.144 e. The van der Waals surface area contributed by atoms with Gasteiger partial charge in [0.2, 0.25) is 0 Å². The zero-order chi connectivity index (χ0) is 28.2. The van der Waals surface area contributed by atoms with Crippen LogP contribution in [0.3, 0.4) is 0 Å². The molecule has 0 aliphatic rings. The molecule has 2 heterocycles. The third-order valence-electron chi connectivity index (χ3n) is 5.84. The van der Waals surface area contributed by atoms with Crippen molar-refractivity contribution in [1.29, 1.82) is 0 Å². The van der Waals surface area contributed by atoms with Gasteiger partial charge in [-0.15, -0.1) is 0 Å². The van der Waals surface area contributed by atoms with Crippen molar-refractivity contribution < 1.29 is 13.3 Å². The zero-order valence-electron chi connectivity index (χ0n) is 24.4. The molecule has 1 N–H and O–H groups in total. The smallest absolute Gasteiger partial charge is 0.144 e. The van der Waals surface area contributed by atoms with Gasteiger partial charge in [-0.05, 0) is 59.0 Å². The highest BCUT2D eigenvalue weighted by molar-refractivity contribution is 5.95. The van der Waals surface area contributed by atoms with Gasteiger partial charge in [-0.3, -0.25) is 4.98 Å². The van der Waals surface area contributed by atoms with Crippen molar-refractivity contribution in [3.8, 4) is 39.5 Å². The fourth-order valence-electron chi connectivity index (χ4n) is 4.10. The molecule has 0 saturated heterocycles. The van der Waals surface area contributed by atoms with Crippen LogP contribution < -0.4 is 0 Å². The summed E-state index contributed by atoms with van der Waals surface area (Å²) in [5.41, 5.74) is 2.51. The van der Waals surface area contributed by atoms with E-state index < -0.39 is 19.1 Å². The molecule has 0 saturated carbocycles. The molecule has 0 unspecified atom stereocenters. The Labute approximate surface area is 202 Å². The molecule has 3 aromatic carbocycles. The summed E-state index contributed by atoms with van der Waals surface area (Å²) >= 11 is 0. The lowest BCUT2D eigenvalue weighted by atomic mass is 9.83. The highest BCUT2D eigenvalue weighted by Gasteiger charge is 2.20. The van der Waals surface area contributed by atoms with E-state index in [0.717, 1.165) is 5.52 Å². The molecule has 4 heteroatoms. The van der Waals surface area contributed by atoms with Crippen LogP contribution >= 0.6 is 0 Å². The summed E-state index contributed by atoms with van der Waals surface area (Å²) in [6.07, 6.45) is 1.63. The molecule has 33 heavy (non-hydrogen) atoms. The number of rotatable bonds is 3. The third kappa shape index (κ3) is 3.78. The van der Waals surface area contributed by atoms with Gasteiger partial charge >= 0.3 is 0 Å². The van der Waals surface area contributed by atoms with Crippen LogP contribution in [-0.2, 0) is 12.5 Å². The Morgan fingerprint density at radius 2 is 1.64 bits per heavy atom. The molecule has 0 bridgehead atoms. The average molecular weight is 440 g/mol. The Balaban J connectivity index is 1.82. The molecule has 5 aromatic rings. The van der Waals surface area contributed by atoms with Crippen molar-refractivity contribution >= 4 is 11.0 Å². The Morgan fingerprint density at radius 1 is 0.879 bits per heavy atom. The highest BCUT2D eigenvalue weighted by Crippen LogP contribution is 2.37. The van der Waals surface area contributed by atoms with E-state index in [-0.39, 0.29) is 11.3 Å². The minimum atomic E-state index is -2.81. The topological polar surface area (TPSA) is 50.9 Å². The predicted molar refractivity (Wildman–Crippen MR) is 135 cm³/mol. The largest absolute Gasteiger partial charge is 0.507 e. The standard InChI is InChI=1S/C29H27N3O/c1-29(2,3)21-17-19(16-20(18-21)24-12-7-8-15-30-24)22-11-9-13-25-27(22)31-28(32(25)4)23-10-5-6-14-26(23)33/h5-18,33H,1-4H3/i1D3,2D3. The zero-order valence-corrected chi connectivity index (χ0v) is 18.4. The molecule has 4 nitrogen and oxygen atoms in total. The number of imidazole rings is 1. The lowest BCUT2D eigenvalue weighted by molar-refractivity contribution is 0.476. The average Bonchev–Trinajstić information content (AvgIpc) is 3.23. The van der Waals surface area contributed by atoms with Crippen molar-refractivity contribution in [3.05, 3.63) is 90.6 Å². The van der Waals surface area contributed by atoms with Gasteiger partial charge in [0.05, 0.1) is 22.3 Å². The summed E-state index contributed by atoms with van der Waals surface area (Å²) in [6, 6.07) is 23.1. The van der Waals surface area contributed by atoms with Crippen LogP contribution in [0.15, 0.2) is 85.1 Å². The van der Waals surface area contributed by atoms with E-state index in [1.807, 2.05) is 48.0 Å². The number of aromatic nitrogens is 3. The molecular formula is C29H27N3O. The van der Waals surface area contributed by atoms with E-state index in [1.54, 1.807) is 48.7 Å². The summed E-state index contributed by atoms with van der Waals surface area (Å²) in [6.45, 7) is -4.35. The second-order valence-corrected chi connectivity index (χ2v) is 8.32. The summed E-state index contributed by atoms with van der Waals surface area (Å²) in [7, 11) is 1.86. The molecule has 0 atom stereocenters. The van der Waals surface area contributed by atoms with Crippen molar-refractivity contribution in [2.75, 3.05) is 0 Å². The van der Waals surface area contributed by atoms with E-state index in [1.165, 1.54) is 6.92 Å². The third-order valence-corrected chi connectivity index (χ3v) is 5.84. The number of aromatic hydroxyl groups is 1. The summed E-state index contributed by atoms with van der Waals surface area (Å²) < 4.78 is 51.2. The molecule has 0 amide bonds. The summed E-state index contributed by atoms with van der Waals surface area (Å²) in [4.78, 5) is 9.31. The number of aryl methyl sites for hydroxylation is 1. The van der Waals surface area contributed by atoms with Crippen LogP contribution in [0.25, 0.3) is 44.8 Å². The van der Waals surface area contributed by atoms with Crippen LogP contribution in [0.1, 0.15) is 34.4 Å². The number of hydrogen-bond donors (Lipinski definition) is 1. The Morgan fingerprint density at radius 3 is 2.39 bits per heavy atom. The van der Waals surface area contributed by atoms with Crippen LogP contribution in [0.5, 0.6) is 5.75 Å². The maximum atomic E-state index is 10.5. The normalized spacial score (nSPS) is 15.2. The van der Waals surface area contributed by atoms with Crippen LogP contribution in [-0.4, -0.2) is 19.6 Å². The monoisotopic (exact) mass is 439 g/mol. The minimum absolute atomic E-state index is 0.100. The Hall–Kier alpha value is -3.92. The van der Waals surface area contributed by atoms with Crippen LogP contribution in [0.2, 0.25) is 0 Å². The van der Waals surface area contributed by atoms with E-state index >= 15 is 0 Å². The van der Waals surface area contributed by atoms with E-state index in [9.17, 15) is 5.11 Å². The highest BCUT2D eigenvalue weighted by atomic mass is 16.3. The van der Waals surface area contributed by atoms with Gasteiger partial charge in [0, 0.05) is 32.6 Å². The van der Waals surface area contributed by atoms with Crippen LogP contribution in [0, 0.1) is 0 Å². The lowest BCUT2D eigenvalue weighted by Crippen LogP contribution is -2.11. The first kappa shape index (κ1) is 15.0. The number of para-hydroxylation sites is 2. The fraction of sp³-hybridized carbons (Fsp3) is 0.172. The SMILES string of the molecule is [2H]C([2H])([2H])C(C)(c1cc(-c2ccccn2)cc(-c2cccc3c2nc(-c2ccccc2O)n3C)c1)C([2H])([2H])[2H]. The molecule has 0 radical (unpaired) electrons. The van der Waals surface area contributed by atoms with Gasteiger partial charge in [-0.25, -0.2) is 4.98 Å². The Bertz CT molecular complexity index is 1660. The van der Waals surface area contributed by atoms with Crippen molar-refractivity contribution in [2.45, 2.75) is 26.0 Å². The first-order valence-corrected chi connectivity index (χ1v) is 10.6. The second-order valence-electron chi connectivity index (χ2n) is 8.32. The van der Waals surface area contributed by atoms with Gasteiger partial charge in [-0.2, -0.15) is 0 Å². The van der Waals surface area contributed by atoms with Crippen LogP contribution in [0.4, 0.5) is 0 Å². The molecule has 5 rings (SSSR count). The number of benzene rings is 3.